The van der Waals surface area contributed by atoms with Crippen molar-refractivity contribution in [3.8, 4) is 18.2 Å². The molecular formula is C22H22N6O2. The summed E-state index contributed by atoms with van der Waals surface area (Å²) in [6.45, 7) is 5.77. The number of hydrogen-bond acceptors (Lipinski definition) is 7. The molecule has 0 bridgehead atoms. The number of nitrogens with two attached hydrogens (primary N) is 1. The van der Waals surface area contributed by atoms with Gasteiger partial charge in [-0.15, -0.1) is 0 Å². The van der Waals surface area contributed by atoms with Gasteiger partial charge in [-0.2, -0.15) is 15.8 Å². The first-order valence-electron chi connectivity index (χ1n) is 9.49. The Morgan fingerprint density at radius 3 is 2.57 bits per heavy atom. The van der Waals surface area contributed by atoms with Gasteiger partial charge in [-0.25, -0.2) is 4.79 Å². The van der Waals surface area contributed by atoms with Crippen molar-refractivity contribution in [1.29, 1.82) is 15.8 Å². The van der Waals surface area contributed by atoms with E-state index in [9.17, 15) is 20.6 Å². The molecule has 0 saturated carbocycles. The van der Waals surface area contributed by atoms with Crippen LogP contribution in [0.5, 0.6) is 0 Å². The zero-order chi connectivity index (χ0) is 22.1. The molecule has 0 saturated heterocycles. The molecule has 0 spiro atoms. The second-order valence-electron chi connectivity index (χ2n) is 8.35. The molecule has 2 heterocycles. The number of ether oxygens (including phenoxy) is 1. The topological polar surface area (TPSA) is 140 Å². The maximum atomic E-state index is 12.7. The summed E-state index contributed by atoms with van der Waals surface area (Å²) in [7, 11) is 0. The van der Waals surface area contributed by atoms with Gasteiger partial charge in [-0.05, 0) is 38.0 Å². The van der Waals surface area contributed by atoms with Crippen LogP contribution in [-0.2, 0) is 4.74 Å². The maximum absolute atomic E-state index is 12.7. The molecule has 0 unspecified atom stereocenters. The summed E-state index contributed by atoms with van der Waals surface area (Å²) in [5, 5.41) is 29.8. The molecule has 30 heavy (non-hydrogen) atoms. The molecule has 0 aromatic carbocycles. The molecule has 1 aromatic rings. The lowest BCUT2D eigenvalue weighted by Crippen LogP contribution is -2.50. The molecule has 2 aliphatic rings. The van der Waals surface area contributed by atoms with Gasteiger partial charge in [0.1, 0.15) is 11.7 Å². The summed E-state index contributed by atoms with van der Waals surface area (Å²) in [5.74, 6) is -1.19. The molecule has 2 N–H and O–H groups in total. The highest BCUT2D eigenvalue weighted by atomic mass is 16.6. The fourth-order valence-corrected chi connectivity index (χ4v) is 4.09. The summed E-state index contributed by atoms with van der Waals surface area (Å²) in [6.07, 6.45) is 4.44. The van der Waals surface area contributed by atoms with E-state index in [1.54, 1.807) is 51.4 Å². The third-order valence-electron chi connectivity index (χ3n) is 5.36. The Kier molecular flexibility index (Phi) is 5.25. The number of nitrogens with zero attached hydrogens (tertiary/aromatic N) is 5. The van der Waals surface area contributed by atoms with Crippen LogP contribution in [0.15, 0.2) is 47.4 Å². The van der Waals surface area contributed by atoms with E-state index in [1.165, 1.54) is 4.90 Å². The van der Waals surface area contributed by atoms with Crippen molar-refractivity contribution < 1.29 is 9.53 Å². The third kappa shape index (κ3) is 3.36. The molecule has 2 atom stereocenters. The molecule has 1 aromatic heterocycles. The molecular weight excluding hydrogens is 380 g/mol. The number of nitriles is 3. The Hall–Kier alpha value is -3.83. The minimum atomic E-state index is -1.76. The molecule has 1 aliphatic carbocycles. The van der Waals surface area contributed by atoms with Crippen molar-refractivity contribution in [3.05, 3.63) is 53.0 Å². The number of aromatic nitrogens is 1. The lowest BCUT2D eigenvalue weighted by atomic mass is 9.58. The van der Waals surface area contributed by atoms with Crippen molar-refractivity contribution in [3.63, 3.8) is 0 Å². The highest BCUT2D eigenvalue weighted by molar-refractivity contribution is 5.70. The normalized spacial score (nSPS) is 22.7. The minimum Gasteiger partial charge on any atom is -0.444 e. The Morgan fingerprint density at radius 1 is 1.33 bits per heavy atom. The van der Waals surface area contributed by atoms with Gasteiger partial charge < -0.3 is 15.4 Å². The Bertz CT molecular complexity index is 1030. The quantitative estimate of drug-likeness (QED) is 0.761. The van der Waals surface area contributed by atoms with Gasteiger partial charge in [0.05, 0.1) is 23.4 Å². The van der Waals surface area contributed by atoms with Gasteiger partial charge >= 0.3 is 6.09 Å². The molecule has 8 nitrogen and oxygen atoms in total. The third-order valence-corrected chi connectivity index (χ3v) is 5.36. The average Bonchev–Trinajstić information content (AvgIpc) is 2.72. The smallest absolute Gasteiger partial charge is 0.410 e. The summed E-state index contributed by atoms with van der Waals surface area (Å²) in [6, 6.07) is 9.67. The minimum absolute atomic E-state index is 0.0583. The summed E-state index contributed by atoms with van der Waals surface area (Å²) >= 11 is 0. The van der Waals surface area contributed by atoms with Crippen LogP contribution in [0.1, 0.15) is 32.3 Å². The molecule has 8 heteroatoms. The van der Waals surface area contributed by atoms with E-state index >= 15 is 0 Å². The van der Waals surface area contributed by atoms with E-state index in [4.69, 9.17) is 10.5 Å². The molecule has 3 rings (SSSR count). The van der Waals surface area contributed by atoms with E-state index in [2.05, 4.69) is 23.2 Å². The fourth-order valence-electron chi connectivity index (χ4n) is 4.09. The largest absolute Gasteiger partial charge is 0.444 e. The standard InChI is InChI=1S/C22H22N6O2/c1-21(2,3)30-20(29)28-8-6-15-16(9-23)19(26)22(12-24,13-25)18(17(15)11-28)14-5-4-7-27-10-14/h4-7,10,17-18H,8,11,26H2,1-3H3/t17-,18+/m0/s1. The highest BCUT2D eigenvalue weighted by Gasteiger charge is 2.55. The Labute approximate surface area is 175 Å². The average molecular weight is 402 g/mol. The van der Waals surface area contributed by atoms with Crippen LogP contribution in [0.25, 0.3) is 0 Å². The van der Waals surface area contributed by atoms with Gasteiger partial charge in [-0.1, -0.05) is 12.1 Å². The van der Waals surface area contributed by atoms with E-state index in [1.807, 2.05) is 0 Å². The second-order valence-corrected chi connectivity index (χ2v) is 8.35. The lowest BCUT2D eigenvalue weighted by Gasteiger charge is -2.45. The predicted octanol–water partition coefficient (Wildman–Crippen LogP) is 2.74. The lowest BCUT2D eigenvalue weighted by molar-refractivity contribution is 0.0224. The van der Waals surface area contributed by atoms with Crippen LogP contribution in [0.3, 0.4) is 0 Å². The Balaban J connectivity index is 2.17. The molecule has 1 aliphatic heterocycles. The number of carbonyl (C=O) groups excluding carboxylic acids is 1. The van der Waals surface area contributed by atoms with Crippen LogP contribution in [0.4, 0.5) is 4.79 Å². The molecule has 0 radical (unpaired) electrons. The summed E-state index contributed by atoms with van der Waals surface area (Å²) in [5.41, 5.74) is 5.18. The van der Waals surface area contributed by atoms with Gasteiger partial charge in [0.15, 0.2) is 5.41 Å². The maximum Gasteiger partial charge on any atom is 0.410 e. The van der Waals surface area contributed by atoms with E-state index in [0.717, 1.165) is 0 Å². The number of pyridine rings is 1. The van der Waals surface area contributed by atoms with Gasteiger partial charge in [0, 0.05) is 37.3 Å². The SMILES string of the molecule is CC(C)(C)OC(=O)N1CC=C2C(C#N)=C(N)C(C#N)(C#N)[C@H](c3cccnc3)[C@H]2C1. The molecule has 0 fully saturated rings. The van der Waals surface area contributed by atoms with Crippen molar-refractivity contribution >= 4 is 6.09 Å². The second kappa shape index (κ2) is 7.54. The van der Waals surface area contributed by atoms with Crippen LogP contribution < -0.4 is 5.73 Å². The van der Waals surface area contributed by atoms with Crippen molar-refractivity contribution in [1.82, 2.24) is 9.88 Å². The van der Waals surface area contributed by atoms with Gasteiger partial charge in [0.25, 0.3) is 0 Å². The predicted molar refractivity (Wildman–Crippen MR) is 107 cm³/mol. The summed E-state index contributed by atoms with van der Waals surface area (Å²) in [4.78, 5) is 18.3. The van der Waals surface area contributed by atoms with Gasteiger partial charge in [-0.3, -0.25) is 4.98 Å². The fraction of sp³-hybridized carbons (Fsp3) is 0.409. The van der Waals surface area contributed by atoms with Gasteiger partial charge in [0.2, 0.25) is 0 Å². The number of rotatable bonds is 1. The number of allylic oxidation sites excluding steroid dienone is 2. The van der Waals surface area contributed by atoms with Crippen LogP contribution in [-0.4, -0.2) is 34.7 Å². The number of fused-ring (bicyclic) bond motifs is 1. The molecule has 1 amide bonds. The van der Waals surface area contributed by atoms with Crippen LogP contribution in [0.2, 0.25) is 0 Å². The first-order valence-corrected chi connectivity index (χ1v) is 9.49. The van der Waals surface area contributed by atoms with Crippen LogP contribution >= 0.6 is 0 Å². The number of hydrogen-bond donors (Lipinski definition) is 1. The van der Waals surface area contributed by atoms with Crippen molar-refractivity contribution in [2.24, 2.45) is 17.1 Å². The van der Waals surface area contributed by atoms with E-state index < -0.39 is 28.9 Å². The number of amides is 1. The Morgan fingerprint density at radius 2 is 2.03 bits per heavy atom. The summed E-state index contributed by atoms with van der Waals surface area (Å²) < 4.78 is 5.49. The highest BCUT2D eigenvalue weighted by Crippen LogP contribution is 2.54. The molecule has 152 valence electrons. The monoisotopic (exact) mass is 402 g/mol. The van der Waals surface area contributed by atoms with Crippen molar-refractivity contribution in [2.45, 2.75) is 32.3 Å². The van der Waals surface area contributed by atoms with E-state index in [0.29, 0.717) is 11.1 Å². The van der Waals surface area contributed by atoms with Crippen LogP contribution in [0, 0.1) is 45.3 Å². The zero-order valence-corrected chi connectivity index (χ0v) is 17.1. The van der Waals surface area contributed by atoms with Crippen molar-refractivity contribution in [2.75, 3.05) is 13.1 Å². The first-order chi connectivity index (χ1) is 14.2. The first kappa shape index (κ1) is 20.9. The van der Waals surface area contributed by atoms with E-state index in [-0.39, 0.29) is 24.4 Å². The zero-order valence-electron chi connectivity index (χ0n) is 17.1. The number of carbonyl (C=O) groups is 1.